The average Bonchev–Trinajstić information content (AvgIpc) is 2.74. The maximum atomic E-state index is 11.4. The van der Waals surface area contributed by atoms with E-state index in [1.165, 1.54) is 19.3 Å². The molecule has 0 aliphatic rings. The zero-order valence-corrected chi connectivity index (χ0v) is 10.4. The number of rotatable bonds is 7. The Hall–Kier alpha value is -1.65. The highest BCUT2D eigenvalue weighted by molar-refractivity contribution is 5.92. The SMILES string of the molecule is CCCCCC/C=N/NC(=O)c1cc(C)on1. The first-order chi connectivity index (χ1) is 8.24. The standard InChI is InChI=1S/C12H19N3O2/c1-3-4-5-6-7-8-13-14-12(16)11-9-10(2)17-15-11/h8-9H,3-7H2,1-2H3,(H,14,16)/b13-8+. The van der Waals surface area contributed by atoms with Crippen LogP contribution in [0.15, 0.2) is 15.7 Å². The molecule has 0 fully saturated rings. The molecule has 1 heterocycles. The molecule has 94 valence electrons. The molecule has 0 radical (unpaired) electrons. The second-order valence-electron chi connectivity index (χ2n) is 3.92. The van der Waals surface area contributed by atoms with Crippen molar-refractivity contribution in [3.05, 3.63) is 17.5 Å². The number of hydrogen-bond acceptors (Lipinski definition) is 4. The van der Waals surface area contributed by atoms with Crippen LogP contribution >= 0.6 is 0 Å². The van der Waals surface area contributed by atoms with E-state index in [1.807, 2.05) is 0 Å². The van der Waals surface area contributed by atoms with E-state index in [1.54, 1.807) is 19.2 Å². The number of hydrogen-bond donors (Lipinski definition) is 1. The summed E-state index contributed by atoms with van der Waals surface area (Å²) in [5.41, 5.74) is 2.67. The zero-order chi connectivity index (χ0) is 12.5. The zero-order valence-electron chi connectivity index (χ0n) is 10.4. The number of carbonyl (C=O) groups is 1. The molecule has 0 spiro atoms. The van der Waals surface area contributed by atoms with Gasteiger partial charge >= 0.3 is 0 Å². The van der Waals surface area contributed by atoms with Gasteiger partial charge in [0.05, 0.1) is 0 Å². The van der Waals surface area contributed by atoms with Crippen LogP contribution in [0.5, 0.6) is 0 Å². The molecule has 0 aliphatic carbocycles. The Kier molecular flexibility index (Phi) is 5.99. The van der Waals surface area contributed by atoms with Gasteiger partial charge in [0.1, 0.15) is 5.76 Å². The molecule has 1 N–H and O–H groups in total. The van der Waals surface area contributed by atoms with E-state index in [0.717, 1.165) is 12.8 Å². The second-order valence-corrected chi connectivity index (χ2v) is 3.92. The van der Waals surface area contributed by atoms with Crippen LogP contribution in [0.25, 0.3) is 0 Å². The second kappa shape index (κ2) is 7.60. The first-order valence-electron chi connectivity index (χ1n) is 5.99. The summed E-state index contributed by atoms with van der Waals surface area (Å²) in [5, 5.41) is 7.44. The smallest absolute Gasteiger partial charge is 0.293 e. The van der Waals surface area contributed by atoms with E-state index < -0.39 is 0 Å². The minimum atomic E-state index is -0.341. The van der Waals surface area contributed by atoms with Gasteiger partial charge in [-0.1, -0.05) is 31.3 Å². The van der Waals surface area contributed by atoms with Crippen molar-refractivity contribution in [3.8, 4) is 0 Å². The molecule has 0 bridgehead atoms. The van der Waals surface area contributed by atoms with Crippen LogP contribution in [0.2, 0.25) is 0 Å². The molecule has 0 saturated carbocycles. The van der Waals surface area contributed by atoms with Crippen molar-refractivity contribution in [1.82, 2.24) is 10.6 Å². The summed E-state index contributed by atoms with van der Waals surface area (Å²) < 4.78 is 4.79. The van der Waals surface area contributed by atoms with Crippen LogP contribution in [0.3, 0.4) is 0 Å². The van der Waals surface area contributed by atoms with Gasteiger partial charge in [-0.3, -0.25) is 4.79 Å². The highest BCUT2D eigenvalue weighted by Crippen LogP contribution is 2.01. The molecule has 1 rings (SSSR count). The van der Waals surface area contributed by atoms with E-state index in [0.29, 0.717) is 5.76 Å². The van der Waals surface area contributed by atoms with E-state index in [9.17, 15) is 4.79 Å². The number of amides is 1. The highest BCUT2D eigenvalue weighted by Gasteiger charge is 2.08. The van der Waals surface area contributed by atoms with Gasteiger partial charge in [-0.05, 0) is 19.8 Å². The average molecular weight is 237 g/mol. The fourth-order valence-corrected chi connectivity index (χ4v) is 1.36. The van der Waals surface area contributed by atoms with Crippen LogP contribution < -0.4 is 5.43 Å². The molecule has 5 nitrogen and oxygen atoms in total. The fraction of sp³-hybridized carbons (Fsp3) is 0.583. The lowest BCUT2D eigenvalue weighted by molar-refractivity contribution is 0.0946. The lowest BCUT2D eigenvalue weighted by Gasteiger charge is -1.95. The lowest BCUT2D eigenvalue weighted by Crippen LogP contribution is -2.17. The third-order valence-corrected chi connectivity index (χ3v) is 2.30. The molecule has 1 aromatic rings. The van der Waals surface area contributed by atoms with Gasteiger partial charge in [0.25, 0.3) is 5.91 Å². The van der Waals surface area contributed by atoms with Crippen molar-refractivity contribution in [1.29, 1.82) is 0 Å². The van der Waals surface area contributed by atoms with Gasteiger partial charge in [-0.15, -0.1) is 0 Å². The summed E-state index contributed by atoms with van der Waals surface area (Å²) in [5.74, 6) is 0.269. The number of hydrazone groups is 1. The Morgan fingerprint density at radius 1 is 1.53 bits per heavy atom. The van der Waals surface area contributed by atoms with Gasteiger partial charge < -0.3 is 4.52 Å². The summed E-state index contributed by atoms with van der Waals surface area (Å²) in [6.45, 7) is 3.91. The van der Waals surface area contributed by atoms with E-state index in [4.69, 9.17) is 4.52 Å². The first kappa shape index (κ1) is 13.4. The van der Waals surface area contributed by atoms with Crippen molar-refractivity contribution in [2.24, 2.45) is 5.10 Å². The van der Waals surface area contributed by atoms with Crippen molar-refractivity contribution >= 4 is 12.1 Å². The Balaban J connectivity index is 2.17. The maximum absolute atomic E-state index is 11.4. The topological polar surface area (TPSA) is 67.5 Å². The van der Waals surface area contributed by atoms with E-state index in [-0.39, 0.29) is 11.6 Å². The van der Waals surface area contributed by atoms with Gasteiger partial charge in [0.2, 0.25) is 0 Å². The Morgan fingerprint density at radius 3 is 3.00 bits per heavy atom. The Bertz CT molecular complexity index is 372. The Morgan fingerprint density at radius 2 is 2.35 bits per heavy atom. The summed E-state index contributed by atoms with van der Waals surface area (Å²) >= 11 is 0. The van der Waals surface area contributed by atoms with Gasteiger partial charge in [0, 0.05) is 12.3 Å². The summed E-state index contributed by atoms with van der Waals surface area (Å²) in [6, 6.07) is 1.58. The molecule has 1 amide bonds. The molecule has 0 saturated heterocycles. The Labute approximate surface area is 101 Å². The predicted octanol–water partition coefficient (Wildman–Crippen LogP) is 2.67. The van der Waals surface area contributed by atoms with Gasteiger partial charge in [0.15, 0.2) is 5.69 Å². The minimum Gasteiger partial charge on any atom is -0.361 e. The molecule has 0 aromatic carbocycles. The molecule has 0 unspecified atom stereocenters. The van der Waals surface area contributed by atoms with Crippen molar-refractivity contribution < 1.29 is 9.32 Å². The minimum absolute atomic E-state index is 0.255. The third kappa shape index (κ3) is 5.29. The largest absolute Gasteiger partial charge is 0.361 e. The molecule has 1 aromatic heterocycles. The number of aryl methyl sites for hydroxylation is 1. The molecular weight excluding hydrogens is 218 g/mol. The van der Waals surface area contributed by atoms with Crippen molar-refractivity contribution in [3.63, 3.8) is 0 Å². The summed E-state index contributed by atoms with van der Waals surface area (Å²) in [6.07, 6.45) is 7.39. The van der Waals surface area contributed by atoms with Gasteiger partial charge in [-0.2, -0.15) is 5.10 Å². The van der Waals surface area contributed by atoms with Crippen molar-refractivity contribution in [2.45, 2.75) is 46.0 Å². The third-order valence-electron chi connectivity index (χ3n) is 2.30. The number of nitrogens with one attached hydrogen (secondary N) is 1. The van der Waals surface area contributed by atoms with Crippen LogP contribution in [0.4, 0.5) is 0 Å². The van der Waals surface area contributed by atoms with Crippen LogP contribution in [-0.4, -0.2) is 17.3 Å². The summed E-state index contributed by atoms with van der Waals surface area (Å²) in [4.78, 5) is 11.4. The molecule has 17 heavy (non-hydrogen) atoms. The highest BCUT2D eigenvalue weighted by atomic mass is 16.5. The lowest BCUT2D eigenvalue weighted by atomic mass is 10.2. The molecular formula is C12H19N3O2. The quantitative estimate of drug-likeness (QED) is 0.450. The van der Waals surface area contributed by atoms with Crippen LogP contribution in [-0.2, 0) is 0 Å². The van der Waals surface area contributed by atoms with Crippen molar-refractivity contribution in [2.75, 3.05) is 0 Å². The van der Waals surface area contributed by atoms with Gasteiger partial charge in [-0.25, -0.2) is 5.43 Å². The number of carbonyl (C=O) groups excluding carboxylic acids is 1. The number of nitrogens with zero attached hydrogens (tertiary/aromatic N) is 2. The summed E-state index contributed by atoms with van der Waals surface area (Å²) in [7, 11) is 0. The molecule has 0 aliphatic heterocycles. The first-order valence-corrected chi connectivity index (χ1v) is 5.99. The molecule has 0 atom stereocenters. The maximum Gasteiger partial charge on any atom is 0.293 e. The normalized spacial score (nSPS) is 10.9. The molecule has 5 heteroatoms. The number of unbranched alkanes of at least 4 members (excludes halogenated alkanes) is 4. The predicted molar refractivity (Wildman–Crippen MR) is 66.0 cm³/mol. The van der Waals surface area contributed by atoms with E-state index >= 15 is 0 Å². The fourth-order valence-electron chi connectivity index (χ4n) is 1.36. The van der Waals surface area contributed by atoms with Crippen LogP contribution in [0, 0.1) is 6.92 Å². The monoisotopic (exact) mass is 237 g/mol. The van der Waals surface area contributed by atoms with Crippen LogP contribution in [0.1, 0.15) is 55.3 Å². The van der Waals surface area contributed by atoms with E-state index in [2.05, 4.69) is 22.6 Å². The number of aromatic nitrogens is 1.